The summed E-state index contributed by atoms with van der Waals surface area (Å²) in [6.07, 6.45) is -0.498. The van der Waals surface area contributed by atoms with E-state index >= 15 is 0 Å². The van der Waals surface area contributed by atoms with Crippen molar-refractivity contribution in [3.63, 3.8) is 0 Å². The van der Waals surface area contributed by atoms with E-state index in [9.17, 15) is 5.11 Å². The summed E-state index contributed by atoms with van der Waals surface area (Å²) in [5.41, 5.74) is -0.193. The summed E-state index contributed by atoms with van der Waals surface area (Å²) in [6, 6.07) is 1.99. The summed E-state index contributed by atoms with van der Waals surface area (Å²) in [5.74, 6) is 0. The Labute approximate surface area is 66.6 Å². The number of rotatable bonds is 1. The molecule has 3 nitrogen and oxygen atoms in total. The minimum atomic E-state index is -0.498. The lowest BCUT2D eigenvalue weighted by molar-refractivity contribution is 0.0346. The van der Waals surface area contributed by atoms with Gasteiger partial charge in [0, 0.05) is 5.41 Å². The third-order valence-electron chi connectivity index (χ3n) is 2.11. The average Bonchev–Trinajstić information content (AvgIpc) is 2.17. The summed E-state index contributed by atoms with van der Waals surface area (Å²) in [5, 5.41) is 17.9. The van der Waals surface area contributed by atoms with Gasteiger partial charge in [0.2, 0.25) is 0 Å². The Morgan fingerprint density at radius 2 is 2.36 bits per heavy atom. The maximum absolute atomic E-state index is 9.57. The number of nitrogens with zero attached hydrogens (tertiary/aromatic N) is 1. The monoisotopic (exact) mass is 155 g/mol. The second-order valence-electron chi connectivity index (χ2n) is 3.65. The molecule has 1 N–H and O–H groups in total. The summed E-state index contributed by atoms with van der Waals surface area (Å²) < 4.78 is 5.25. The molecule has 1 rings (SSSR count). The van der Waals surface area contributed by atoms with Crippen LogP contribution in [0.4, 0.5) is 0 Å². The Morgan fingerprint density at radius 3 is 2.73 bits per heavy atom. The molecule has 0 bridgehead atoms. The minimum absolute atomic E-state index is 0.193. The van der Waals surface area contributed by atoms with Crippen LogP contribution < -0.4 is 0 Å². The van der Waals surface area contributed by atoms with Crippen molar-refractivity contribution < 1.29 is 9.84 Å². The summed E-state index contributed by atoms with van der Waals surface area (Å²) in [6.45, 7) is 4.42. The lowest BCUT2D eigenvalue weighted by atomic mass is 9.87. The Hall–Kier alpha value is -0.590. The van der Waals surface area contributed by atoms with E-state index in [1.807, 2.05) is 19.9 Å². The zero-order valence-electron chi connectivity index (χ0n) is 6.87. The van der Waals surface area contributed by atoms with E-state index in [0.717, 1.165) is 0 Å². The van der Waals surface area contributed by atoms with Gasteiger partial charge in [0.05, 0.1) is 31.3 Å². The maximum atomic E-state index is 9.57. The first-order valence-corrected chi connectivity index (χ1v) is 3.74. The standard InChI is InChI=1S/C8H13NO2/c1-8(2)5-11-6(3-4-9)7(8)10/h6-7,10H,3,5H2,1-2H3/t6-,7+/m1/s1. The molecule has 1 aliphatic heterocycles. The van der Waals surface area contributed by atoms with Crippen molar-refractivity contribution in [1.82, 2.24) is 0 Å². The van der Waals surface area contributed by atoms with Crippen LogP contribution >= 0.6 is 0 Å². The zero-order chi connectivity index (χ0) is 8.48. The maximum Gasteiger partial charge on any atom is 0.0969 e. The van der Waals surface area contributed by atoms with E-state index in [1.165, 1.54) is 0 Å². The van der Waals surface area contributed by atoms with Gasteiger partial charge < -0.3 is 9.84 Å². The Bertz CT molecular complexity index is 183. The van der Waals surface area contributed by atoms with Crippen molar-refractivity contribution in [3.8, 4) is 6.07 Å². The Balaban J connectivity index is 2.57. The molecule has 2 atom stereocenters. The van der Waals surface area contributed by atoms with Gasteiger partial charge in [-0.15, -0.1) is 0 Å². The molecule has 0 amide bonds. The third kappa shape index (κ3) is 1.52. The van der Waals surface area contributed by atoms with Crippen molar-refractivity contribution in [1.29, 1.82) is 5.26 Å². The minimum Gasteiger partial charge on any atom is -0.390 e. The first-order valence-electron chi connectivity index (χ1n) is 3.74. The van der Waals surface area contributed by atoms with Gasteiger partial charge in [0.25, 0.3) is 0 Å². The predicted molar refractivity (Wildman–Crippen MR) is 39.8 cm³/mol. The highest BCUT2D eigenvalue weighted by Crippen LogP contribution is 2.32. The van der Waals surface area contributed by atoms with Crippen LogP contribution in [0.15, 0.2) is 0 Å². The quantitative estimate of drug-likeness (QED) is 0.606. The summed E-state index contributed by atoms with van der Waals surface area (Å²) in [7, 11) is 0. The van der Waals surface area contributed by atoms with Crippen molar-refractivity contribution >= 4 is 0 Å². The number of aliphatic hydroxyl groups excluding tert-OH is 1. The number of nitriles is 1. The summed E-state index contributed by atoms with van der Waals surface area (Å²) in [4.78, 5) is 0. The lowest BCUT2D eigenvalue weighted by Crippen LogP contribution is -2.32. The highest BCUT2D eigenvalue weighted by atomic mass is 16.5. The molecule has 0 aliphatic carbocycles. The van der Waals surface area contributed by atoms with Gasteiger partial charge in [-0.3, -0.25) is 0 Å². The third-order valence-corrected chi connectivity index (χ3v) is 2.11. The molecule has 1 heterocycles. The molecule has 1 aliphatic rings. The molecule has 0 saturated carbocycles. The Morgan fingerprint density at radius 1 is 1.73 bits per heavy atom. The molecular formula is C8H13NO2. The summed E-state index contributed by atoms with van der Waals surface area (Å²) >= 11 is 0. The molecule has 0 aromatic carbocycles. The Kier molecular flexibility index (Phi) is 2.17. The van der Waals surface area contributed by atoms with Gasteiger partial charge in [-0.25, -0.2) is 0 Å². The van der Waals surface area contributed by atoms with Crippen LogP contribution in [0.5, 0.6) is 0 Å². The molecule has 0 unspecified atom stereocenters. The van der Waals surface area contributed by atoms with Crippen LogP contribution in [0.25, 0.3) is 0 Å². The lowest BCUT2D eigenvalue weighted by Gasteiger charge is -2.21. The second-order valence-corrected chi connectivity index (χ2v) is 3.65. The first kappa shape index (κ1) is 8.51. The fourth-order valence-corrected chi connectivity index (χ4v) is 1.26. The van der Waals surface area contributed by atoms with Crippen LogP contribution in [-0.2, 0) is 4.74 Å². The number of hydrogen-bond donors (Lipinski definition) is 1. The highest BCUT2D eigenvalue weighted by Gasteiger charge is 2.41. The number of hydrogen-bond acceptors (Lipinski definition) is 3. The molecule has 0 radical (unpaired) electrons. The molecule has 0 aromatic rings. The van der Waals surface area contributed by atoms with Gasteiger partial charge in [-0.2, -0.15) is 5.26 Å². The molecule has 11 heavy (non-hydrogen) atoms. The van der Waals surface area contributed by atoms with Crippen molar-refractivity contribution in [2.45, 2.75) is 32.5 Å². The van der Waals surface area contributed by atoms with Crippen molar-refractivity contribution in [2.75, 3.05) is 6.61 Å². The number of ether oxygens (including phenoxy) is 1. The van der Waals surface area contributed by atoms with Gasteiger partial charge in [0.1, 0.15) is 0 Å². The van der Waals surface area contributed by atoms with Gasteiger partial charge >= 0.3 is 0 Å². The van der Waals surface area contributed by atoms with E-state index < -0.39 is 6.10 Å². The second kappa shape index (κ2) is 2.80. The molecule has 1 fully saturated rings. The highest BCUT2D eigenvalue weighted by molar-refractivity contribution is 4.94. The molecular weight excluding hydrogens is 142 g/mol. The van der Waals surface area contributed by atoms with Crippen molar-refractivity contribution in [3.05, 3.63) is 0 Å². The fourth-order valence-electron chi connectivity index (χ4n) is 1.26. The SMILES string of the molecule is CC1(C)CO[C@H](CC#N)[C@@H]1O. The van der Waals surface area contributed by atoms with Crippen LogP contribution in [0.1, 0.15) is 20.3 Å². The molecule has 0 spiro atoms. The molecule has 62 valence electrons. The topological polar surface area (TPSA) is 53.2 Å². The van der Waals surface area contributed by atoms with Crippen LogP contribution in [0.3, 0.4) is 0 Å². The number of aliphatic hydroxyl groups is 1. The van der Waals surface area contributed by atoms with E-state index in [1.54, 1.807) is 0 Å². The van der Waals surface area contributed by atoms with Crippen LogP contribution in [0.2, 0.25) is 0 Å². The molecule has 0 aromatic heterocycles. The van der Waals surface area contributed by atoms with E-state index in [-0.39, 0.29) is 17.9 Å². The smallest absolute Gasteiger partial charge is 0.0969 e. The van der Waals surface area contributed by atoms with Gasteiger partial charge in [-0.05, 0) is 0 Å². The van der Waals surface area contributed by atoms with Crippen LogP contribution in [0, 0.1) is 16.7 Å². The van der Waals surface area contributed by atoms with Gasteiger partial charge in [-0.1, -0.05) is 13.8 Å². The first-order chi connectivity index (χ1) is 5.08. The predicted octanol–water partition coefficient (Wildman–Crippen LogP) is 0.686. The molecule has 1 saturated heterocycles. The largest absolute Gasteiger partial charge is 0.390 e. The van der Waals surface area contributed by atoms with Crippen molar-refractivity contribution in [2.24, 2.45) is 5.41 Å². The molecule has 3 heteroatoms. The fraction of sp³-hybridized carbons (Fsp3) is 0.875. The zero-order valence-corrected chi connectivity index (χ0v) is 6.87. The van der Waals surface area contributed by atoms with E-state index in [4.69, 9.17) is 10.00 Å². The van der Waals surface area contributed by atoms with Gasteiger partial charge in [0.15, 0.2) is 0 Å². The van der Waals surface area contributed by atoms with E-state index in [2.05, 4.69) is 0 Å². The average molecular weight is 155 g/mol. The van der Waals surface area contributed by atoms with Crippen LogP contribution in [-0.4, -0.2) is 23.9 Å². The normalized spacial score (nSPS) is 35.1. The van der Waals surface area contributed by atoms with E-state index in [0.29, 0.717) is 6.61 Å².